The zero-order valence-electron chi connectivity index (χ0n) is 5.16. The van der Waals surface area contributed by atoms with Gasteiger partial charge in [-0.3, -0.25) is 14.9 Å². The summed E-state index contributed by atoms with van der Waals surface area (Å²) in [6.45, 7) is 0.496. The van der Waals surface area contributed by atoms with Gasteiger partial charge >= 0.3 is 5.97 Å². The fourth-order valence-electron chi connectivity index (χ4n) is 0.823. The zero-order valence-corrected chi connectivity index (χ0v) is 6.88. The molecule has 1 saturated heterocycles. The van der Waals surface area contributed by atoms with E-state index in [1.807, 2.05) is 0 Å². The SMILES string of the molecule is Br.O=C(O)[C@H]1NCCC1=O. The van der Waals surface area contributed by atoms with Crippen LogP contribution in [0.5, 0.6) is 0 Å². The number of Topliss-reactive ketones (excluding diaryl/α,β-unsaturated/α-hetero) is 1. The third-order valence-corrected chi connectivity index (χ3v) is 1.29. The first kappa shape index (κ1) is 9.58. The summed E-state index contributed by atoms with van der Waals surface area (Å²) in [6.07, 6.45) is 0.344. The van der Waals surface area contributed by atoms with Gasteiger partial charge in [-0.25, -0.2) is 0 Å². The van der Waals surface area contributed by atoms with Crippen molar-refractivity contribution in [1.29, 1.82) is 0 Å². The molecule has 0 unspecified atom stereocenters. The maximum absolute atomic E-state index is 10.6. The lowest BCUT2D eigenvalue weighted by Gasteiger charge is -1.98. The average Bonchev–Trinajstić information content (AvgIpc) is 2.13. The van der Waals surface area contributed by atoms with Crippen LogP contribution in [0.3, 0.4) is 0 Å². The van der Waals surface area contributed by atoms with Crippen molar-refractivity contribution in [2.75, 3.05) is 6.54 Å². The first-order valence-corrected chi connectivity index (χ1v) is 2.70. The summed E-state index contributed by atoms with van der Waals surface area (Å²) in [5, 5.41) is 10.9. The molecule has 58 valence electrons. The van der Waals surface area contributed by atoms with Crippen molar-refractivity contribution in [1.82, 2.24) is 5.32 Å². The van der Waals surface area contributed by atoms with Crippen molar-refractivity contribution in [3.8, 4) is 0 Å². The number of ketones is 1. The van der Waals surface area contributed by atoms with E-state index in [0.29, 0.717) is 13.0 Å². The Balaban J connectivity index is 0.000000810. The molecule has 4 nitrogen and oxygen atoms in total. The third-order valence-electron chi connectivity index (χ3n) is 1.29. The van der Waals surface area contributed by atoms with Crippen molar-refractivity contribution in [2.45, 2.75) is 12.5 Å². The smallest absolute Gasteiger partial charge is 0.328 e. The molecule has 0 aliphatic carbocycles. The lowest BCUT2D eigenvalue weighted by Crippen LogP contribution is -2.35. The van der Waals surface area contributed by atoms with Crippen LogP contribution in [0.1, 0.15) is 6.42 Å². The van der Waals surface area contributed by atoms with E-state index >= 15 is 0 Å². The highest BCUT2D eigenvalue weighted by molar-refractivity contribution is 8.93. The van der Waals surface area contributed by atoms with Crippen LogP contribution in [0.4, 0.5) is 0 Å². The van der Waals surface area contributed by atoms with Gasteiger partial charge in [0.15, 0.2) is 11.8 Å². The number of carbonyl (C=O) groups excluding carboxylic acids is 1. The van der Waals surface area contributed by atoms with Gasteiger partial charge in [-0.1, -0.05) is 0 Å². The minimum absolute atomic E-state index is 0. The first-order valence-electron chi connectivity index (χ1n) is 2.70. The zero-order chi connectivity index (χ0) is 6.85. The second kappa shape index (κ2) is 3.68. The Morgan fingerprint density at radius 3 is 2.50 bits per heavy atom. The molecule has 1 fully saturated rings. The predicted octanol–water partition coefficient (Wildman–Crippen LogP) is -0.420. The molecule has 1 heterocycles. The minimum Gasteiger partial charge on any atom is -0.480 e. The second-order valence-corrected chi connectivity index (χ2v) is 1.94. The highest BCUT2D eigenvalue weighted by atomic mass is 79.9. The highest BCUT2D eigenvalue weighted by Gasteiger charge is 2.29. The molecule has 2 N–H and O–H groups in total. The van der Waals surface area contributed by atoms with Crippen molar-refractivity contribution in [3.63, 3.8) is 0 Å². The summed E-state index contributed by atoms with van der Waals surface area (Å²) in [6, 6.07) is -0.940. The fourth-order valence-corrected chi connectivity index (χ4v) is 0.823. The molecule has 1 aliphatic heterocycles. The van der Waals surface area contributed by atoms with E-state index in [2.05, 4.69) is 5.32 Å². The lowest BCUT2D eigenvalue weighted by molar-refractivity contribution is -0.141. The molecule has 0 bridgehead atoms. The highest BCUT2D eigenvalue weighted by Crippen LogP contribution is 1.99. The average molecular weight is 210 g/mol. The van der Waals surface area contributed by atoms with E-state index in [4.69, 9.17) is 5.11 Å². The van der Waals surface area contributed by atoms with Gasteiger partial charge in [0.1, 0.15) is 0 Å². The Bertz CT molecular complexity index is 159. The number of hydrogen-bond acceptors (Lipinski definition) is 3. The Kier molecular flexibility index (Phi) is 3.52. The van der Waals surface area contributed by atoms with E-state index < -0.39 is 12.0 Å². The van der Waals surface area contributed by atoms with Crippen LogP contribution in [-0.2, 0) is 9.59 Å². The summed E-state index contributed by atoms with van der Waals surface area (Å²) < 4.78 is 0. The van der Waals surface area contributed by atoms with Gasteiger partial charge in [-0.2, -0.15) is 0 Å². The van der Waals surface area contributed by atoms with Gasteiger partial charge in [0, 0.05) is 13.0 Å². The van der Waals surface area contributed by atoms with Gasteiger partial charge in [-0.15, -0.1) is 17.0 Å². The monoisotopic (exact) mass is 209 g/mol. The fraction of sp³-hybridized carbons (Fsp3) is 0.600. The van der Waals surface area contributed by atoms with Crippen molar-refractivity contribution < 1.29 is 14.7 Å². The quantitative estimate of drug-likeness (QED) is 0.577. The Hall–Kier alpha value is -0.420. The maximum atomic E-state index is 10.6. The number of carbonyl (C=O) groups is 2. The Morgan fingerprint density at radius 1 is 1.70 bits per heavy atom. The Morgan fingerprint density at radius 2 is 2.30 bits per heavy atom. The van der Waals surface area contributed by atoms with Crippen molar-refractivity contribution in [2.24, 2.45) is 0 Å². The first-order chi connectivity index (χ1) is 4.22. The van der Waals surface area contributed by atoms with Crippen molar-refractivity contribution >= 4 is 28.7 Å². The molecule has 0 spiro atoms. The number of aliphatic carboxylic acids is 1. The van der Waals surface area contributed by atoms with E-state index in [1.54, 1.807) is 0 Å². The molecule has 1 atom stereocenters. The molecular formula is C5H8BrNO3. The number of hydrogen-bond donors (Lipinski definition) is 2. The number of carboxylic acids is 1. The number of halogens is 1. The number of nitrogens with one attached hydrogen (secondary N) is 1. The maximum Gasteiger partial charge on any atom is 0.328 e. The van der Waals surface area contributed by atoms with Crippen LogP contribution < -0.4 is 5.32 Å². The van der Waals surface area contributed by atoms with Gasteiger partial charge in [0.25, 0.3) is 0 Å². The van der Waals surface area contributed by atoms with E-state index in [-0.39, 0.29) is 22.8 Å². The summed E-state index contributed by atoms with van der Waals surface area (Å²) in [4.78, 5) is 20.7. The predicted molar refractivity (Wildman–Crippen MR) is 39.4 cm³/mol. The standard InChI is InChI=1S/C5H7NO3.BrH/c7-3-1-2-6-4(3)5(8)9;/h4,6H,1-2H2,(H,8,9);1H/t4-;/m0./s1. The number of rotatable bonds is 1. The van der Waals surface area contributed by atoms with Gasteiger partial charge in [-0.05, 0) is 0 Å². The molecule has 0 amide bonds. The van der Waals surface area contributed by atoms with Crippen LogP contribution >= 0.6 is 17.0 Å². The van der Waals surface area contributed by atoms with Crippen molar-refractivity contribution in [3.05, 3.63) is 0 Å². The van der Waals surface area contributed by atoms with Gasteiger partial charge in [0.2, 0.25) is 0 Å². The third kappa shape index (κ3) is 1.78. The van der Waals surface area contributed by atoms with E-state index in [0.717, 1.165) is 0 Å². The summed E-state index contributed by atoms with van der Waals surface area (Å²) in [5.74, 6) is -1.29. The second-order valence-electron chi connectivity index (χ2n) is 1.94. The molecule has 10 heavy (non-hydrogen) atoms. The molecule has 1 aliphatic rings. The van der Waals surface area contributed by atoms with Gasteiger partial charge in [0.05, 0.1) is 0 Å². The van der Waals surface area contributed by atoms with Crippen LogP contribution in [0, 0.1) is 0 Å². The largest absolute Gasteiger partial charge is 0.480 e. The minimum atomic E-state index is -1.07. The van der Waals surface area contributed by atoms with Crippen LogP contribution in [0.2, 0.25) is 0 Å². The molecule has 5 heteroatoms. The van der Waals surface area contributed by atoms with Crippen LogP contribution in [0.25, 0.3) is 0 Å². The summed E-state index contributed by atoms with van der Waals surface area (Å²) in [7, 11) is 0. The molecular weight excluding hydrogens is 202 g/mol. The number of carboxylic acid groups (broad SMARTS) is 1. The van der Waals surface area contributed by atoms with Crippen LogP contribution in [-0.4, -0.2) is 29.4 Å². The van der Waals surface area contributed by atoms with Gasteiger partial charge < -0.3 is 5.11 Å². The molecule has 0 saturated carbocycles. The molecule has 0 aromatic carbocycles. The molecule has 0 radical (unpaired) electrons. The Labute approximate surface area is 68.4 Å². The molecule has 1 rings (SSSR count). The topological polar surface area (TPSA) is 66.4 Å². The van der Waals surface area contributed by atoms with E-state index in [9.17, 15) is 9.59 Å². The molecule has 0 aromatic heterocycles. The van der Waals surface area contributed by atoms with E-state index in [1.165, 1.54) is 0 Å². The van der Waals surface area contributed by atoms with Crippen LogP contribution in [0.15, 0.2) is 0 Å². The lowest BCUT2D eigenvalue weighted by atomic mass is 10.2. The summed E-state index contributed by atoms with van der Waals surface area (Å²) >= 11 is 0. The normalized spacial score (nSPS) is 24.0. The summed E-state index contributed by atoms with van der Waals surface area (Å²) in [5.41, 5.74) is 0. The molecule has 0 aromatic rings.